The van der Waals surface area contributed by atoms with Crippen LogP contribution in [0.2, 0.25) is 0 Å². The minimum Gasteiger partial charge on any atom is -0.383 e. The Balaban J connectivity index is 2.26. The fourth-order valence-electron chi connectivity index (χ4n) is 1.17. The van der Waals surface area contributed by atoms with Crippen molar-refractivity contribution in [2.45, 2.75) is 6.92 Å². The summed E-state index contributed by atoms with van der Waals surface area (Å²) >= 11 is 0. The SMILES string of the molecule is COCCNC(=O)CNc1cccc(C)n1. The molecule has 0 aliphatic rings. The average molecular weight is 223 g/mol. The molecule has 0 radical (unpaired) electrons. The van der Waals surface area contributed by atoms with E-state index in [0.29, 0.717) is 19.0 Å². The number of methoxy groups -OCH3 is 1. The van der Waals surface area contributed by atoms with Crippen molar-refractivity contribution < 1.29 is 9.53 Å². The third kappa shape index (κ3) is 4.75. The van der Waals surface area contributed by atoms with Crippen LogP contribution in [0.4, 0.5) is 5.82 Å². The molecular formula is C11H17N3O2. The van der Waals surface area contributed by atoms with E-state index in [0.717, 1.165) is 5.69 Å². The van der Waals surface area contributed by atoms with E-state index in [4.69, 9.17) is 4.74 Å². The predicted octanol–water partition coefficient (Wildman–Crippen LogP) is 0.565. The molecule has 0 atom stereocenters. The van der Waals surface area contributed by atoms with Gasteiger partial charge in [-0.1, -0.05) is 6.07 Å². The second-order valence-electron chi connectivity index (χ2n) is 3.36. The summed E-state index contributed by atoms with van der Waals surface area (Å²) in [7, 11) is 1.60. The van der Waals surface area contributed by atoms with E-state index in [1.807, 2.05) is 25.1 Å². The van der Waals surface area contributed by atoms with Crippen molar-refractivity contribution >= 4 is 11.7 Å². The van der Waals surface area contributed by atoms with Crippen LogP contribution in [0.15, 0.2) is 18.2 Å². The molecule has 0 spiro atoms. The van der Waals surface area contributed by atoms with Crippen LogP contribution in [0, 0.1) is 6.92 Å². The standard InChI is InChI=1S/C11H17N3O2/c1-9-4-3-5-10(14-9)13-8-11(15)12-6-7-16-2/h3-5H,6-8H2,1-2H3,(H,12,15)(H,13,14). The number of carbonyl (C=O) groups is 1. The van der Waals surface area contributed by atoms with Crippen molar-refractivity contribution in [1.82, 2.24) is 10.3 Å². The molecule has 1 heterocycles. The lowest BCUT2D eigenvalue weighted by Gasteiger charge is -2.07. The zero-order valence-corrected chi connectivity index (χ0v) is 9.62. The monoisotopic (exact) mass is 223 g/mol. The van der Waals surface area contributed by atoms with Crippen molar-refractivity contribution in [3.63, 3.8) is 0 Å². The number of hydrogen-bond donors (Lipinski definition) is 2. The zero-order valence-electron chi connectivity index (χ0n) is 9.62. The molecule has 16 heavy (non-hydrogen) atoms. The maximum Gasteiger partial charge on any atom is 0.239 e. The summed E-state index contributed by atoms with van der Waals surface area (Å²) in [4.78, 5) is 15.5. The lowest BCUT2D eigenvalue weighted by molar-refractivity contribution is -0.119. The third-order valence-electron chi connectivity index (χ3n) is 1.95. The molecule has 0 fully saturated rings. The molecule has 1 rings (SSSR count). The lowest BCUT2D eigenvalue weighted by Crippen LogP contribution is -2.32. The van der Waals surface area contributed by atoms with Gasteiger partial charge >= 0.3 is 0 Å². The van der Waals surface area contributed by atoms with Crippen LogP contribution in [0.5, 0.6) is 0 Å². The Bertz CT molecular complexity index is 342. The smallest absolute Gasteiger partial charge is 0.239 e. The van der Waals surface area contributed by atoms with E-state index in [9.17, 15) is 4.79 Å². The second kappa shape index (κ2) is 6.79. The van der Waals surface area contributed by atoms with Crippen molar-refractivity contribution in [1.29, 1.82) is 0 Å². The van der Waals surface area contributed by atoms with Crippen molar-refractivity contribution in [2.24, 2.45) is 0 Å². The Kier molecular flexibility index (Phi) is 5.28. The van der Waals surface area contributed by atoms with E-state index in [2.05, 4.69) is 15.6 Å². The molecule has 0 aliphatic carbocycles. The third-order valence-corrected chi connectivity index (χ3v) is 1.95. The fourth-order valence-corrected chi connectivity index (χ4v) is 1.17. The number of amides is 1. The highest BCUT2D eigenvalue weighted by Crippen LogP contribution is 2.02. The van der Waals surface area contributed by atoms with Crippen LogP contribution in [0.3, 0.4) is 0 Å². The first-order valence-electron chi connectivity index (χ1n) is 5.15. The Hall–Kier alpha value is -1.62. The molecule has 0 saturated carbocycles. The molecule has 88 valence electrons. The number of anilines is 1. The lowest BCUT2D eigenvalue weighted by atomic mass is 10.4. The van der Waals surface area contributed by atoms with Gasteiger partial charge in [0.25, 0.3) is 0 Å². The molecule has 0 bridgehead atoms. The van der Waals surface area contributed by atoms with Crippen molar-refractivity contribution in [2.75, 3.05) is 32.1 Å². The first-order valence-corrected chi connectivity index (χ1v) is 5.15. The molecule has 1 aromatic rings. The molecule has 2 N–H and O–H groups in total. The van der Waals surface area contributed by atoms with Crippen LogP contribution >= 0.6 is 0 Å². The Morgan fingerprint density at radius 2 is 2.31 bits per heavy atom. The highest BCUT2D eigenvalue weighted by molar-refractivity contribution is 5.80. The van der Waals surface area contributed by atoms with E-state index in [-0.39, 0.29) is 12.5 Å². The van der Waals surface area contributed by atoms with E-state index < -0.39 is 0 Å². The van der Waals surface area contributed by atoms with Gasteiger partial charge in [-0.05, 0) is 19.1 Å². The molecule has 0 aromatic carbocycles. The van der Waals surface area contributed by atoms with Gasteiger partial charge in [0.15, 0.2) is 0 Å². The van der Waals surface area contributed by atoms with Gasteiger partial charge in [-0.3, -0.25) is 4.79 Å². The normalized spacial score (nSPS) is 9.88. The topological polar surface area (TPSA) is 63.2 Å². The van der Waals surface area contributed by atoms with Gasteiger partial charge in [0, 0.05) is 19.3 Å². The minimum absolute atomic E-state index is 0.0691. The predicted molar refractivity (Wildman–Crippen MR) is 62.3 cm³/mol. The van der Waals surface area contributed by atoms with Crippen LogP contribution < -0.4 is 10.6 Å². The van der Waals surface area contributed by atoms with Gasteiger partial charge in [0.05, 0.1) is 13.2 Å². The number of rotatable bonds is 6. The van der Waals surface area contributed by atoms with E-state index >= 15 is 0 Å². The number of aromatic nitrogens is 1. The number of hydrogen-bond acceptors (Lipinski definition) is 4. The van der Waals surface area contributed by atoms with E-state index in [1.165, 1.54) is 0 Å². The summed E-state index contributed by atoms with van der Waals surface area (Å²) in [5.41, 5.74) is 0.921. The first-order chi connectivity index (χ1) is 7.72. The summed E-state index contributed by atoms with van der Waals surface area (Å²) in [5, 5.41) is 5.66. The molecule has 1 aromatic heterocycles. The Morgan fingerprint density at radius 3 is 3.00 bits per heavy atom. The molecule has 0 saturated heterocycles. The zero-order chi connectivity index (χ0) is 11.8. The Morgan fingerprint density at radius 1 is 1.50 bits per heavy atom. The van der Waals surface area contributed by atoms with Gasteiger partial charge in [-0.25, -0.2) is 4.98 Å². The van der Waals surface area contributed by atoms with Gasteiger partial charge in [-0.15, -0.1) is 0 Å². The number of pyridine rings is 1. The van der Waals surface area contributed by atoms with Crippen LogP contribution in [-0.4, -0.2) is 37.7 Å². The average Bonchev–Trinajstić information content (AvgIpc) is 2.27. The molecule has 5 nitrogen and oxygen atoms in total. The van der Waals surface area contributed by atoms with Crippen molar-refractivity contribution in [3.05, 3.63) is 23.9 Å². The molecule has 5 heteroatoms. The number of aryl methyl sites for hydroxylation is 1. The largest absolute Gasteiger partial charge is 0.383 e. The number of ether oxygens (including phenoxy) is 1. The van der Waals surface area contributed by atoms with E-state index in [1.54, 1.807) is 7.11 Å². The number of nitrogens with zero attached hydrogens (tertiary/aromatic N) is 1. The quantitative estimate of drug-likeness (QED) is 0.692. The maximum absolute atomic E-state index is 11.3. The van der Waals surface area contributed by atoms with Crippen LogP contribution in [0.25, 0.3) is 0 Å². The number of carbonyl (C=O) groups excluding carboxylic acids is 1. The first kappa shape index (κ1) is 12.4. The molecule has 0 unspecified atom stereocenters. The van der Waals surface area contributed by atoms with Gasteiger partial charge in [0.1, 0.15) is 5.82 Å². The fraction of sp³-hybridized carbons (Fsp3) is 0.455. The summed E-state index contributed by atoms with van der Waals surface area (Å²) < 4.78 is 4.82. The second-order valence-corrected chi connectivity index (χ2v) is 3.36. The van der Waals surface area contributed by atoms with Crippen LogP contribution in [-0.2, 0) is 9.53 Å². The highest BCUT2D eigenvalue weighted by Gasteiger charge is 2.00. The Labute approximate surface area is 95.2 Å². The van der Waals surface area contributed by atoms with Crippen molar-refractivity contribution in [3.8, 4) is 0 Å². The molecule has 1 amide bonds. The highest BCUT2D eigenvalue weighted by atomic mass is 16.5. The molecular weight excluding hydrogens is 206 g/mol. The summed E-state index contributed by atoms with van der Waals surface area (Å²) in [5.74, 6) is 0.641. The minimum atomic E-state index is -0.0691. The van der Waals surface area contributed by atoms with Gasteiger partial charge in [0.2, 0.25) is 5.91 Å². The maximum atomic E-state index is 11.3. The van der Waals surface area contributed by atoms with Gasteiger partial charge in [-0.2, -0.15) is 0 Å². The van der Waals surface area contributed by atoms with Crippen LogP contribution in [0.1, 0.15) is 5.69 Å². The summed E-state index contributed by atoms with van der Waals surface area (Å²) in [6, 6.07) is 5.63. The molecule has 0 aliphatic heterocycles. The number of nitrogens with one attached hydrogen (secondary N) is 2. The summed E-state index contributed by atoms with van der Waals surface area (Å²) in [6.45, 7) is 3.18. The summed E-state index contributed by atoms with van der Waals surface area (Å²) in [6.07, 6.45) is 0. The van der Waals surface area contributed by atoms with Gasteiger partial charge < -0.3 is 15.4 Å².